The minimum Gasteiger partial charge on any atom is -0.465 e. The summed E-state index contributed by atoms with van der Waals surface area (Å²) in [5.74, 6) is -0.714. The maximum atomic E-state index is 13.5. The SMILES string of the molecule is CC[C@H](C)[C@@H](C(=O)N[C@@H](Cc1ccccc1)[C@@H](O)C[C@H](Cc1ccccc1)NC(=O)OC(C)(C)C)N(C)C(=O)O. The van der Waals surface area contributed by atoms with E-state index >= 15 is 0 Å². The maximum absolute atomic E-state index is 13.5. The van der Waals surface area contributed by atoms with E-state index in [-0.39, 0.29) is 12.3 Å². The number of benzene rings is 2. The molecule has 9 nitrogen and oxygen atoms in total. The number of hydrogen-bond acceptors (Lipinski definition) is 5. The molecule has 2 aromatic rings. The van der Waals surface area contributed by atoms with Gasteiger partial charge in [-0.05, 0) is 57.1 Å². The van der Waals surface area contributed by atoms with Crippen LogP contribution in [0.1, 0.15) is 58.6 Å². The summed E-state index contributed by atoms with van der Waals surface area (Å²) in [5, 5.41) is 26.9. The van der Waals surface area contributed by atoms with E-state index in [2.05, 4.69) is 10.6 Å². The maximum Gasteiger partial charge on any atom is 0.407 e. The number of aliphatic hydroxyl groups excluding tert-OH is 1. The van der Waals surface area contributed by atoms with Gasteiger partial charge in [0.2, 0.25) is 5.91 Å². The number of nitrogens with zero attached hydrogens (tertiary/aromatic N) is 1. The highest BCUT2D eigenvalue weighted by Crippen LogP contribution is 2.18. The van der Waals surface area contributed by atoms with Gasteiger partial charge in [0.25, 0.3) is 0 Å². The third-order valence-corrected chi connectivity index (χ3v) is 6.83. The second kappa shape index (κ2) is 15.3. The van der Waals surface area contributed by atoms with Crippen molar-refractivity contribution in [2.24, 2.45) is 5.92 Å². The van der Waals surface area contributed by atoms with Gasteiger partial charge in [-0.3, -0.25) is 9.69 Å². The lowest BCUT2D eigenvalue weighted by Crippen LogP contribution is -2.56. The van der Waals surface area contributed by atoms with Gasteiger partial charge in [0.15, 0.2) is 0 Å². The van der Waals surface area contributed by atoms with E-state index in [0.717, 1.165) is 16.0 Å². The van der Waals surface area contributed by atoms with Crippen molar-refractivity contribution in [1.29, 1.82) is 0 Å². The average Bonchev–Trinajstić information content (AvgIpc) is 2.88. The second-order valence-electron chi connectivity index (χ2n) is 11.4. The molecule has 0 fully saturated rings. The third-order valence-electron chi connectivity index (χ3n) is 6.83. The summed E-state index contributed by atoms with van der Waals surface area (Å²) >= 11 is 0. The number of hydrogen-bond donors (Lipinski definition) is 4. The summed E-state index contributed by atoms with van der Waals surface area (Å²) in [7, 11) is 1.38. The van der Waals surface area contributed by atoms with Crippen LogP contribution in [0.5, 0.6) is 0 Å². The second-order valence-corrected chi connectivity index (χ2v) is 11.4. The van der Waals surface area contributed by atoms with Crippen LogP contribution in [-0.2, 0) is 22.4 Å². The molecule has 0 unspecified atom stereocenters. The van der Waals surface area contributed by atoms with Crippen molar-refractivity contribution < 1.29 is 29.3 Å². The lowest BCUT2D eigenvalue weighted by Gasteiger charge is -2.33. The number of likely N-dealkylation sites (N-methyl/N-ethyl adjacent to an activating group) is 1. The molecule has 0 heterocycles. The topological polar surface area (TPSA) is 128 Å². The normalized spacial score (nSPS) is 15.2. The molecule has 5 atom stereocenters. The lowest BCUT2D eigenvalue weighted by atomic mass is 9.92. The Morgan fingerprint density at radius 2 is 1.45 bits per heavy atom. The van der Waals surface area contributed by atoms with E-state index in [9.17, 15) is 24.6 Å². The van der Waals surface area contributed by atoms with Crippen LogP contribution >= 0.6 is 0 Å². The molecule has 0 aliphatic rings. The molecule has 0 radical (unpaired) electrons. The molecule has 4 N–H and O–H groups in total. The van der Waals surface area contributed by atoms with Crippen LogP contribution in [0.3, 0.4) is 0 Å². The van der Waals surface area contributed by atoms with Gasteiger partial charge >= 0.3 is 12.2 Å². The molecule has 0 saturated heterocycles. The van der Waals surface area contributed by atoms with E-state index in [1.54, 1.807) is 20.8 Å². The largest absolute Gasteiger partial charge is 0.465 e. The number of aliphatic hydroxyl groups is 1. The fourth-order valence-electron chi connectivity index (χ4n) is 4.60. The number of carbonyl (C=O) groups is 3. The highest BCUT2D eigenvalue weighted by molar-refractivity contribution is 5.85. The van der Waals surface area contributed by atoms with Crippen molar-refractivity contribution in [3.05, 3.63) is 71.8 Å². The van der Waals surface area contributed by atoms with Crippen LogP contribution in [-0.4, -0.2) is 70.1 Å². The Labute approximate surface area is 237 Å². The highest BCUT2D eigenvalue weighted by Gasteiger charge is 2.34. The van der Waals surface area contributed by atoms with Crippen molar-refractivity contribution in [2.45, 2.75) is 90.1 Å². The predicted molar refractivity (Wildman–Crippen MR) is 155 cm³/mol. The van der Waals surface area contributed by atoms with E-state index in [0.29, 0.717) is 19.3 Å². The molecule has 0 aliphatic carbocycles. The molecular formula is C31H45N3O6. The minimum absolute atomic E-state index is 0.134. The molecule has 0 aromatic heterocycles. The zero-order valence-electron chi connectivity index (χ0n) is 24.5. The van der Waals surface area contributed by atoms with Crippen LogP contribution in [0, 0.1) is 5.92 Å². The first-order valence-electron chi connectivity index (χ1n) is 13.8. The number of nitrogens with one attached hydrogen (secondary N) is 2. The first kappa shape index (κ1) is 32.6. The molecule has 0 saturated carbocycles. The summed E-state index contributed by atoms with van der Waals surface area (Å²) in [6.45, 7) is 9.06. The molecule has 220 valence electrons. The van der Waals surface area contributed by atoms with Crippen LogP contribution < -0.4 is 10.6 Å². The molecule has 0 spiro atoms. The number of ether oxygens (including phenoxy) is 1. The highest BCUT2D eigenvalue weighted by atomic mass is 16.6. The van der Waals surface area contributed by atoms with Gasteiger partial charge in [0, 0.05) is 13.1 Å². The first-order chi connectivity index (χ1) is 18.8. The fraction of sp³-hybridized carbons (Fsp3) is 0.516. The van der Waals surface area contributed by atoms with Gasteiger partial charge in [-0.25, -0.2) is 9.59 Å². The van der Waals surface area contributed by atoms with Crippen LogP contribution in [0.2, 0.25) is 0 Å². The number of amides is 3. The smallest absolute Gasteiger partial charge is 0.407 e. The average molecular weight is 556 g/mol. The van der Waals surface area contributed by atoms with Crippen molar-refractivity contribution in [1.82, 2.24) is 15.5 Å². The summed E-state index contributed by atoms with van der Waals surface area (Å²) in [6.07, 6.45) is -1.35. The van der Waals surface area contributed by atoms with Gasteiger partial charge in [0.1, 0.15) is 11.6 Å². The minimum atomic E-state index is -1.20. The number of rotatable bonds is 13. The van der Waals surface area contributed by atoms with Gasteiger partial charge in [-0.15, -0.1) is 0 Å². The number of carbonyl (C=O) groups excluding carboxylic acids is 2. The van der Waals surface area contributed by atoms with Crippen molar-refractivity contribution >= 4 is 18.1 Å². The molecule has 40 heavy (non-hydrogen) atoms. The predicted octanol–water partition coefficient (Wildman–Crippen LogP) is 4.63. The quantitative estimate of drug-likeness (QED) is 0.285. The van der Waals surface area contributed by atoms with E-state index < -0.39 is 47.9 Å². The van der Waals surface area contributed by atoms with Crippen molar-refractivity contribution in [3.63, 3.8) is 0 Å². The van der Waals surface area contributed by atoms with Crippen LogP contribution in [0.4, 0.5) is 9.59 Å². The first-order valence-corrected chi connectivity index (χ1v) is 13.8. The third kappa shape index (κ3) is 10.9. The van der Waals surface area contributed by atoms with Gasteiger partial charge in [0.05, 0.1) is 12.1 Å². The molecule has 2 rings (SSSR count). The Morgan fingerprint density at radius 1 is 0.925 bits per heavy atom. The summed E-state index contributed by atoms with van der Waals surface area (Å²) in [4.78, 5) is 38.9. The monoisotopic (exact) mass is 555 g/mol. The standard InChI is InChI=1S/C31H45N3O6/c1-7-21(2)27(34(6)30(38)39)28(36)33-25(19-23-16-12-9-13-17-23)26(35)20-24(18-22-14-10-8-11-15-22)32-29(37)40-31(3,4)5/h8-17,21,24-27,35H,7,18-20H2,1-6H3,(H,32,37)(H,33,36)(H,38,39)/t21-,24-,25-,26-,27-/m0/s1. The van der Waals surface area contributed by atoms with Gasteiger partial charge < -0.3 is 25.6 Å². The van der Waals surface area contributed by atoms with Crippen molar-refractivity contribution in [3.8, 4) is 0 Å². The van der Waals surface area contributed by atoms with Gasteiger partial charge in [-0.1, -0.05) is 80.9 Å². The van der Waals surface area contributed by atoms with E-state index in [1.807, 2.05) is 74.5 Å². The number of alkyl carbamates (subject to hydrolysis) is 1. The van der Waals surface area contributed by atoms with E-state index in [4.69, 9.17) is 4.74 Å². The Kier molecular flexibility index (Phi) is 12.4. The number of carboxylic acid groups (broad SMARTS) is 1. The van der Waals surface area contributed by atoms with Crippen LogP contribution in [0.25, 0.3) is 0 Å². The Balaban J connectivity index is 2.32. The molecule has 2 aromatic carbocycles. The molecular weight excluding hydrogens is 510 g/mol. The lowest BCUT2D eigenvalue weighted by molar-refractivity contribution is -0.128. The Bertz CT molecular complexity index is 1070. The van der Waals surface area contributed by atoms with E-state index in [1.165, 1.54) is 7.05 Å². The molecule has 3 amide bonds. The zero-order valence-corrected chi connectivity index (χ0v) is 24.5. The van der Waals surface area contributed by atoms with Gasteiger partial charge in [-0.2, -0.15) is 0 Å². The fourth-order valence-corrected chi connectivity index (χ4v) is 4.60. The zero-order chi connectivity index (χ0) is 29.9. The Morgan fingerprint density at radius 3 is 1.93 bits per heavy atom. The van der Waals surface area contributed by atoms with Crippen molar-refractivity contribution in [2.75, 3.05) is 7.05 Å². The molecule has 0 bridgehead atoms. The summed E-state index contributed by atoms with van der Waals surface area (Å²) in [6, 6.07) is 16.9. The Hall–Kier alpha value is -3.59. The summed E-state index contributed by atoms with van der Waals surface area (Å²) in [5.41, 5.74) is 1.18. The molecule has 9 heteroatoms. The summed E-state index contributed by atoms with van der Waals surface area (Å²) < 4.78 is 5.46. The molecule has 0 aliphatic heterocycles. The van der Waals surface area contributed by atoms with Crippen LogP contribution in [0.15, 0.2) is 60.7 Å².